The van der Waals surface area contributed by atoms with Crippen molar-refractivity contribution in [1.82, 2.24) is 10.2 Å². The molecule has 22 heavy (non-hydrogen) atoms. The van der Waals surface area contributed by atoms with Crippen LogP contribution >= 0.6 is 0 Å². The van der Waals surface area contributed by atoms with Gasteiger partial charge in [-0.2, -0.15) is 0 Å². The zero-order chi connectivity index (χ0) is 16.5. The molecule has 0 radical (unpaired) electrons. The number of likely N-dealkylation sites (N-methyl/N-ethyl adjacent to an activating group) is 1. The average molecular weight is 304 g/mol. The van der Waals surface area contributed by atoms with E-state index in [1.165, 1.54) is 0 Å². The monoisotopic (exact) mass is 304 g/mol. The van der Waals surface area contributed by atoms with E-state index in [1.807, 2.05) is 52.0 Å². The van der Waals surface area contributed by atoms with Crippen LogP contribution in [-0.4, -0.2) is 29.3 Å². The summed E-state index contributed by atoms with van der Waals surface area (Å²) in [5.41, 5.74) is 2.23. The van der Waals surface area contributed by atoms with Gasteiger partial charge in [-0.05, 0) is 37.8 Å². The predicted molar refractivity (Wildman–Crippen MR) is 89.4 cm³/mol. The third-order valence-electron chi connectivity index (χ3n) is 3.80. The second-order valence-corrected chi connectivity index (χ2v) is 5.52. The van der Waals surface area contributed by atoms with Crippen molar-refractivity contribution in [3.63, 3.8) is 0 Å². The first-order valence-electron chi connectivity index (χ1n) is 8.16. The number of carbonyl (C=O) groups is 2. The standard InChI is InChI=1S/C18H28N2O2/c1-5-10-17(21)20(16(6-2)18(22)19-7-3)13-15-12-9-8-11-14(15)4/h8-9,11-12,16H,5-7,10,13H2,1-4H3,(H,19,22)/t16-/m1/s1. The maximum atomic E-state index is 12.5. The number of hydrogen-bond acceptors (Lipinski definition) is 2. The van der Waals surface area contributed by atoms with E-state index in [0.29, 0.717) is 25.9 Å². The lowest BCUT2D eigenvalue weighted by Gasteiger charge is -2.31. The van der Waals surface area contributed by atoms with Crippen molar-refractivity contribution in [3.05, 3.63) is 35.4 Å². The number of carbonyl (C=O) groups excluding carboxylic acids is 2. The van der Waals surface area contributed by atoms with Crippen LogP contribution < -0.4 is 5.32 Å². The number of nitrogens with zero attached hydrogens (tertiary/aromatic N) is 1. The minimum absolute atomic E-state index is 0.0452. The lowest BCUT2D eigenvalue weighted by molar-refractivity contribution is -0.141. The maximum Gasteiger partial charge on any atom is 0.242 e. The molecular weight excluding hydrogens is 276 g/mol. The molecule has 0 saturated carbocycles. The van der Waals surface area contributed by atoms with Crippen LogP contribution in [0.5, 0.6) is 0 Å². The summed E-state index contributed by atoms with van der Waals surface area (Å²) in [5, 5.41) is 2.84. The highest BCUT2D eigenvalue weighted by molar-refractivity contribution is 5.87. The second kappa shape index (κ2) is 9.23. The summed E-state index contributed by atoms with van der Waals surface area (Å²) in [6.45, 7) is 8.92. The fraction of sp³-hybridized carbons (Fsp3) is 0.556. The van der Waals surface area contributed by atoms with Crippen molar-refractivity contribution in [2.24, 2.45) is 0 Å². The van der Waals surface area contributed by atoms with Crippen LogP contribution in [-0.2, 0) is 16.1 Å². The van der Waals surface area contributed by atoms with E-state index in [2.05, 4.69) is 5.32 Å². The molecule has 1 aromatic carbocycles. The minimum atomic E-state index is -0.404. The molecule has 0 heterocycles. The van der Waals surface area contributed by atoms with Crippen LogP contribution in [0, 0.1) is 6.92 Å². The summed E-state index contributed by atoms with van der Waals surface area (Å²) in [5.74, 6) is -0.0214. The molecule has 4 nitrogen and oxygen atoms in total. The van der Waals surface area contributed by atoms with Gasteiger partial charge in [0.1, 0.15) is 6.04 Å². The quantitative estimate of drug-likeness (QED) is 0.802. The van der Waals surface area contributed by atoms with Gasteiger partial charge < -0.3 is 10.2 Å². The first kappa shape index (κ1) is 18.2. The number of aryl methyl sites for hydroxylation is 1. The third-order valence-corrected chi connectivity index (χ3v) is 3.80. The van der Waals surface area contributed by atoms with Gasteiger partial charge in [0.05, 0.1) is 0 Å². The van der Waals surface area contributed by atoms with Gasteiger partial charge >= 0.3 is 0 Å². The van der Waals surface area contributed by atoms with E-state index in [1.54, 1.807) is 4.90 Å². The summed E-state index contributed by atoms with van der Waals surface area (Å²) in [6, 6.07) is 7.60. The number of rotatable bonds is 8. The van der Waals surface area contributed by atoms with Crippen molar-refractivity contribution in [3.8, 4) is 0 Å². The Balaban J connectivity index is 3.03. The normalized spacial score (nSPS) is 11.8. The Morgan fingerprint density at radius 2 is 1.86 bits per heavy atom. The van der Waals surface area contributed by atoms with E-state index < -0.39 is 6.04 Å². The molecule has 0 aromatic heterocycles. The molecule has 1 rings (SSSR count). The van der Waals surface area contributed by atoms with Crippen molar-refractivity contribution in [1.29, 1.82) is 0 Å². The molecule has 1 aromatic rings. The molecule has 0 bridgehead atoms. The fourth-order valence-corrected chi connectivity index (χ4v) is 2.54. The third kappa shape index (κ3) is 4.86. The van der Waals surface area contributed by atoms with Crippen molar-refractivity contribution < 1.29 is 9.59 Å². The second-order valence-electron chi connectivity index (χ2n) is 5.52. The topological polar surface area (TPSA) is 49.4 Å². The molecule has 0 saturated heterocycles. The van der Waals surface area contributed by atoms with Crippen LogP contribution in [0.15, 0.2) is 24.3 Å². The zero-order valence-electron chi connectivity index (χ0n) is 14.2. The molecular formula is C18H28N2O2. The van der Waals surface area contributed by atoms with E-state index in [-0.39, 0.29) is 11.8 Å². The Labute approximate surface area is 133 Å². The highest BCUT2D eigenvalue weighted by Crippen LogP contribution is 2.16. The van der Waals surface area contributed by atoms with Crippen molar-refractivity contribution >= 4 is 11.8 Å². The highest BCUT2D eigenvalue weighted by Gasteiger charge is 2.27. The highest BCUT2D eigenvalue weighted by atomic mass is 16.2. The summed E-state index contributed by atoms with van der Waals surface area (Å²) < 4.78 is 0. The largest absolute Gasteiger partial charge is 0.355 e. The fourth-order valence-electron chi connectivity index (χ4n) is 2.54. The minimum Gasteiger partial charge on any atom is -0.355 e. The van der Waals surface area contributed by atoms with E-state index in [4.69, 9.17) is 0 Å². The van der Waals surface area contributed by atoms with Crippen LogP contribution in [0.1, 0.15) is 51.2 Å². The Bertz CT molecular complexity index is 500. The average Bonchev–Trinajstić information content (AvgIpc) is 2.49. The SMILES string of the molecule is CCCC(=O)N(Cc1ccccc1C)[C@H](CC)C(=O)NCC. The van der Waals surface area contributed by atoms with Gasteiger partial charge in [-0.25, -0.2) is 0 Å². The van der Waals surface area contributed by atoms with Gasteiger partial charge in [-0.15, -0.1) is 0 Å². The number of nitrogens with one attached hydrogen (secondary N) is 1. The Kier molecular flexibility index (Phi) is 7.64. The molecule has 4 heteroatoms. The van der Waals surface area contributed by atoms with E-state index in [0.717, 1.165) is 17.5 Å². The van der Waals surface area contributed by atoms with Gasteiger partial charge in [0.2, 0.25) is 11.8 Å². The lowest BCUT2D eigenvalue weighted by atomic mass is 10.1. The Morgan fingerprint density at radius 1 is 1.18 bits per heavy atom. The van der Waals surface area contributed by atoms with Gasteiger partial charge in [-0.3, -0.25) is 9.59 Å². The maximum absolute atomic E-state index is 12.5. The van der Waals surface area contributed by atoms with Gasteiger partial charge in [-0.1, -0.05) is 38.1 Å². The molecule has 0 aliphatic rings. The molecule has 0 aliphatic heterocycles. The smallest absolute Gasteiger partial charge is 0.242 e. The van der Waals surface area contributed by atoms with Crippen LogP contribution in [0.3, 0.4) is 0 Å². The zero-order valence-corrected chi connectivity index (χ0v) is 14.2. The predicted octanol–water partition coefficient (Wildman–Crippen LogP) is 3.04. The summed E-state index contributed by atoms with van der Waals surface area (Å²) in [6.07, 6.45) is 1.88. The van der Waals surface area contributed by atoms with E-state index in [9.17, 15) is 9.59 Å². The molecule has 1 atom stereocenters. The number of hydrogen-bond donors (Lipinski definition) is 1. The lowest BCUT2D eigenvalue weighted by Crippen LogP contribution is -2.49. The molecule has 2 amide bonds. The molecule has 0 aliphatic carbocycles. The van der Waals surface area contributed by atoms with Crippen LogP contribution in [0.4, 0.5) is 0 Å². The van der Waals surface area contributed by atoms with Crippen molar-refractivity contribution in [2.45, 2.75) is 59.5 Å². The Morgan fingerprint density at radius 3 is 2.41 bits per heavy atom. The first-order valence-corrected chi connectivity index (χ1v) is 8.16. The molecule has 0 fully saturated rings. The summed E-state index contributed by atoms with van der Waals surface area (Å²) >= 11 is 0. The van der Waals surface area contributed by atoms with Crippen LogP contribution in [0.2, 0.25) is 0 Å². The summed E-state index contributed by atoms with van der Waals surface area (Å²) in [7, 11) is 0. The first-order chi connectivity index (χ1) is 10.5. The summed E-state index contributed by atoms with van der Waals surface area (Å²) in [4.78, 5) is 26.5. The number of benzene rings is 1. The van der Waals surface area contributed by atoms with Crippen LogP contribution in [0.25, 0.3) is 0 Å². The molecule has 122 valence electrons. The van der Waals surface area contributed by atoms with Gasteiger partial charge in [0, 0.05) is 19.5 Å². The van der Waals surface area contributed by atoms with Gasteiger partial charge in [0.15, 0.2) is 0 Å². The molecule has 0 unspecified atom stereocenters. The molecule has 1 N–H and O–H groups in total. The molecule has 0 spiro atoms. The number of amides is 2. The van der Waals surface area contributed by atoms with Gasteiger partial charge in [0.25, 0.3) is 0 Å². The van der Waals surface area contributed by atoms with Crippen molar-refractivity contribution in [2.75, 3.05) is 6.54 Å². The Hall–Kier alpha value is -1.84. The van der Waals surface area contributed by atoms with E-state index >= 15 is 0 Å².